The second-order valence-corrected chi connectivity index (χ2v) is 11.6. The maximum atomic E-state index is 15.2. The number of phosphoric acid groups is 2. The molecule has 0 aromatic carbocycles. The number of rotatable bonds is 8. The van der Waals surface area contributed by atoms with Crippen LogP contribution in [0.2, 0.25) is 0 Å². The molecule has 0 saturated carbocycles. The lowest BCUT2D eigenvalue weighted by atomic mass is 9.97. The molecular weight excluding hydrogens is 512 g/mol. The fourth-order valence-corrected chi connectivity index (χ4v) is 6.36. The SMILES string of the molecule is C#C[C@@]1(F)[C@H](O)[C@@H](CO[P@](O)(=S)OP(=O)(O)OP(=O)(O)O)O[C@H]1n1ccc(=O)[nH]c1=O. The summed E-state index contributed by atoms with van der Waals surface area (Å²) in [5.74, 6) is 1.62. The number of terminal acetylenes is 1. The Morgan fingerprint density at radius 3 is 2.45 bits per heavy atom. The Labute approximate surface area is 176 Å². The summed E-state index contributed by atoms with van der Waals surface area (Å²) >= 11 is 4.39. The predicted molar refractivity (Wildman–Crippen MR) is 100 cm³/mol. The minimum Gasteiger partial charge on any atom is -0.386 e. The predicted octanol–water partition coefficient (Wildman–Crippen LogP) is -1.40. The van der Waals surface area contributed by atoms with Gasteiger partial charge in [0.25, 0.3) is 5.56 Å². The van der Waals surface area contributed by atoms with Crippen molar-refractivity contribution in [1.29, 1.82) is 0 Å². The lowest BCUT2D eigenvalue weighted by Gasteiger charge is -2.23. The van der Waals surface area contributed by atoms with Gasteiger partial charge in [-0.05, 0) is 11.8 Å². The Balaban J connectivity index is 2.19. The zero-order chi connectivity index (χ0) is 23.8. The van der Waals surface area contributed by atoms with Crippen LogP contribution in [0.4, 0.5) is 4.39 Å². The van der Waals surface area contributed by atoms with Crippen molar-refractivity contribution in [3.63, 3.8) is 0 Å². The van der Waals surface area contributed by atoms with Gasteiger partial charge in [-0.15, -0.1) is 6.42 Å². The Hall–Kier alpha value is -1.08. The van der Waals surface area contributed by atoms with Crippen molar-refractivity contribution in [2.75, 3.05) is 6.61 Å². The number of aromatic amines is 1. The van der Waals surface area contributed by atoms with E-state index in [1.807, 2.05) is 4.98 Å². The number of hydrogen-bond donors (Lipinski definition) is 6. The summed E-state index contributed by atoms with van der Waals surface area (Å²) in [6.07, 6.45) is 0.0614. The molecule has 2 heterocycles. The van der Waals surface area contributed by atoms with E-state index in [2.05, 4.69) is 25.0 Å². The number of halogens is 1. The standard InChI is InChI=1S/C11H14FN2O13P3S/c1-2-11(12)8(16)6(25-9(11)14-4-3-7(15)13-10(14)17)5-24-30(23,31)27-29(21,22)26-28(18,19)20/h1,3-4,6,8-9,16H,5H2,(H,21,22)(H,23,31)(H,13,15,17)(H2,18,19,20)/t6-,8-,9-,11-,30+/m1/s1. The van der Waals surface area contributed by atoms with Crippen LogP contribution in [0.3, 0.4) is 0 Å². The number of aliphatic hydroxyl groups is 1. The molecule has 1 aliphatic rings. The number of ether oxygens (including phenoxy) is 1. The van der Waals surface area contributed by atoms with Crippen LogP contribution < -0.4 is 11.2 Å². The van der Waals surface area contributed by atoms with Crippen LogP contribution in [0.15, 0.2) is 21.9 Å². The van der Waals surface area contributed by atoms with Gasteiger partial charge in [0.1, 0.15) is 12.2 Å². The molecule has 2 rings (SSSR count). The molecule has 1 fully saturated rings. The highest BCUT2D eigenvalue weighted by molar-refractivity contribution is 8.08. The highest BCUT2D eigenvalue weighted by Gasteiger charge is 2.58. The molecule has 6 N–H and O–H groups in total. The number of alkyl halides is 1. The summed E-state index contributed by atoms with van der Waals surface area (Å²) in [4.78, 5) is 60.9. The summed E-state index contributed by atoms with van der Waals surface area (Å²) in [6.45, 7) is -5.79. The molecule has 174 valence electrons. The smallest absolute Gasteiger partial charge is 0.386 e. The molecule has 31 heavy (non-hydrogen) atoms. The van der Waals surface area contributed by atoms with Crippen molar-refractivity contribution in [2.24, 2.45) is 0 Å². The van der Waals surface area contributed by atoms with Crippen LogP contribution in [-0.4, -0.2) is 58.7 Å². The van der Waals surface area contributed by atoms with E-state index >= 15 is 4.39 Å². The van der Waals surface area contributed by atoms with Crippen LogP contribution in [0.5, 0.6) is 0 Å². The third-order valence-corrected chi connectivity index (χ3v) is 8.31. The zero-order valence-electron chi connectivity index (χ0n) is 14.7. The average molecular weight is 526 g/mol. The fraction of sp³-hybridized carbons (Fsp3) is 0.455. The van der Waals surface area contributed by atoms with Crippen molar-refractivity contribution >= 4 is 34.2 Å². The van der Waals surface area contributed by atoms with Crippen LogP contribution in [-0.2, 0) is 38.8 Å². The van der Waals surface area contributed by atoms with E-state index in [4.69, 9.17) is 20.9 Å². The molecule has 1 aromatic heterocycles. The van der Waals surface area contributed by atoms with E-state index in [1.165, 1.54) is 0 Å². The topological polar surface area (TPSA) is 227 Å². The first-order valence-electron chi connectivity index (χ1n) is 7.60. The number of nitrogens with zero attached hydrogens (tertiary/aromatic N) is 1. The summed E-state index contributed by atoms with van der Waals surface area (Å²) in [5.41, 5.74) is -4.98. The van der Waals surface area contributed by atoms with Crippen LogP contribution in [0, 0.1) is 12.3 Å². The molecule has 1 aliphatic heterocycles. The third kappa shape index (κ3) is 6.47. The van der Waals surface area contributed by atoms with Crippen LogP contribution >= 0.6 is 22.4 Å². The molecule has 1 saturated heterocycles. The maximum Gasteiger partial charge on any atom is 0.488 e. The van der Waals surface area contributed by atoms with E-state index in [0.717, 1.165) is 12.3 Å². The number of aromatic nitrogens is 2. The summed E-state index contributed by atoms with van der Waals surface area (Å²) in [6, 6.07) is 0.846. The summed E-state index contributed by atoms with van der Waals surface area (Å²) in [7, 11) is -11.1. The van der Waals surface area contributed by atoms with Crippen molar-refractivity contribution in [3.05, 3.63) is 33.1 Å². The number of hydrogen-bond acceptors (Lipinski definition) is 10. The van der Waals surface area contributed by atoms with E-state index in [-0.39, 0.29) is 0 Å². The second-order valence-electron chi connectivity index (χ2n) is 5.79. The minimum atomic E-state index is -5.60. The molecule has 0 aliphatic carbocycles. The Morgan fingerprint density at radius 1 is 1.32 bits per heavy atom. The van der Waals surface area contributed by atoms with Gasteiger partial charge in [-0.2, -0.15) is 4.31 Å². The summed E-state index contributed by atoms with van der Waals surface area (Å²) in [5, 5.41) is 10.2. The van der Waals surface area contributed by atoms with E-state index in [0.29, 0.717) is 4.57 Å². The molecule has 0 amide bonds. The first kappa shape index (κ1) is 26.2. The summed E-state index contributed by atoms with van der Waals surface area (Å²) < 4.78 is 55.0. The van der Waals surface area contributed by atoms with Gasteiger partial charge < -0.3 is 33.9 Å². The molecular formula is C11H14FN2O13P3S. The number of H-pyrrole nitrogens is 1. The number of nitrogens with one attached hydrogen (secondary N) is 1. The molecule has 0 bridgehead atoms. The first-order valence-corrected chi connectivity index (χ1v) is 13.2. The van der Waals surface area contributed by atoms with Gasteiger partial charge in [-0.1, -0.05) is 5.92 Å². The average Bonchev–Trinajstić information content (AvgIpc) is 2.82. The number of aliphatic hydroxyl groups excluding tert-OH is 1. The van der Waals surface area contributed by atoms with Crippen molar-refractivity contribution in [1.82, 2.24) is 9.55 Å². The maximum absolute atomic E-state index is 15.2. The van der Waals surface area contributed by atoms with Gasteiger partial charge in [0.05, 0.1) is 6.61 Å². The Morgan fingerprint density at radius 2 is 1.94 bits per heavy atom. The van der Waals surface area contributed by atoms with Gasteiger partial charge in [-0.25, -0.2) is 22.6 Å². The van der Waals surface area contributed by atoms with Crippen molar-refractivity contribution < 1.29 is 56.1 Å². The second kappa shape index (κ2) is 9.05. The van der Waals surface area contributed by atoms with Crippen molar-refractivity contribution in [2.45, 2.75) is 24.1 Å². The largest absolute Gasteiger partial charge is 0.488 e. The van der Waals surface area contributed by atoms with Gasteiger partial charge >= 0.3 is 28.1 Å². The molecule has 0 spiro atoms. The van der Waals surface area contributed by atoms with Gasteiger partial charge in [0.2, 0.25) is 5.67 Å². The zero-order valence-corrected chi connectivity index (χ0v) is 18.2. The normalized spacial score (nSPS) is 30.3. The molecule has 1 aromatic rings. The molecule has 6 atom stereocenters. The Kier molecular flexibility index (Phi) is 7.64. The molecule has 0 radical (unpaired) electrons. The molecule has 15 nitrogen and oxygen atoms in total. The molecule has 20 heteroatoms. The quantitative estimate of drug-likeness (QED) is 0.169. The lowest BCUT2D eigenvalue weighted by Crippen LogP contribution is -2.45. The fourth-order valence-electron chi connectivity index (χ4n) is 2.39. The first-order chi connectivity index (χ1) is 14.0. The van der Waals surface area contributed by atoms with Crippen molar-refractivity contribution in [3.8, 4) is 12.3 Å². The molecule has 1 unspecified atom stereocenters. The Bertz CT molecular complexity index is 1140. The van der Waals surface area contributed by atoms with Crippen LogP contribution in [0.1, 0.15) is 6.23 Å². The van der Waals surface area contributed by atoms with Gasteiger partial charge in [0.15, 0.2) is 6.23 Å². The van der Waals surface area contributed by atoms with Crippen LogP contribution in [0.25, 0.3) is 0 Å². The minimum absolute atomic E-state index is 0.534. The van der Waals surface area contributed by atoms with E-state index in [1.54, 1.807) is 5.92 Å². The van der Waals surface area contributed by atoms with Gasteiger partial charge in [-0.3, -0.25) is 14.3 Å². The highest BCUT2D eigenvalue weighted by Crippen LogP contribution is 2.66. The monoisotopic (exact) mass is 526 g/mol. The van der Waals surface area contributed by atoms with Gasteiger partial charge in [0, 0.05) is 12.3 Å². The lowest BCUT2D eigenvalue weighted by molar-refractivity contribution is -0.0518. The highest BCUT2D eigenvalue weighted by atomic mass is 32.5. The van der Waals surface area contributed by atoms with E-state index < -0.39 is 64.3 Å². The van der Waals surface area contributed by atoms with E-state index in [9.17, 15) is 33.6 Å². The third-order valence-electron chi connectivity index (χ3n) is 3.59.